The lowest BCUT2D eigenvalue weighted by molar-refractivity contribution is 0.274. The first-order chi connectivity index (χ1) is 6.07. The summed E-state index contributed by atoms with van der Waals surface area (Å²) in [6, 6.07) is 0.617. The van der Waals surface area contributed by atoms with Crippen LogP contribution < -0.4 is 5.32 Å². The number of rotatable bonds is 6. The average molecular weight is 205 g/mol. The van der Waals surface area contributed by atoms with E-state index in [1.807, 2.05) is 6.92 Å². The van der Waals surface area contributed by atoms with Crippen LogP contribution in [0.1, 0.15) is 20.8 Å². The third kappa shape index (κ3) is 7.05. The zero-order valence-electron chi connectivity index (χ0n) is 9.10. The van der Waals surface area contributed by atoms with Gasteiger partial charge in [0.2, 0.25) is 0 Å². The summed E-state index contributed by atoms with van der Waals surface area (Å²) in [5.41, 5.74) is 2.80. The minimum absolute atomic E-state index is 0.617. The first-order valence-corrected chi connectivity index (χ1v) is 5.18. The van der Waals surface area contributed by atoms with Crippen LogP contribution in [-0.4, -0.2) is 37.6 Å². The molecule has 0 spiro atoms. The fourth-order valence-electron chi connectivity index (χ4n) is 0.838. The molecule has 0 fully saturated rings. The predicted molar refractivity (Wildman–Crippen MR) is 60.2 cm³/mol. The second kappa shape index (κ2) is 7.36. The minimum atomic E-state index is 0.617. The van der Waals surface area contributed by atoms with Crippen LogP contribution in [0.15, 0.2) is 11.1 Å². The van der Waals surface area contributed by atoms with Gasteiger partial charge in [-0.1, -0.05) is 11.6 Å². The summed E-state index contributed by atoms with van der Waals surface area (Å²) in [5.74, 6) is 0. The summed E-state index contributed by atoms with van der Waals surface area (Å²) in [7, 11) is 2.14. The van der Waals surface area contributed by atoms with E-state index < -0.39 is 0 Å². The first kappa shape index (κ1) is 12.9. The maximum Gasteiger partial charge on any atom is 0.0174 e. The number of likely N-dealkylation sites (N-methyl/N-ethyl adjacent to an activating group) is 1. The fraction of sp³-hybridized carbons (Fsp3) is 0.800. The molecule has 2 nitrogen and oxygen atoms in total. The number of hydrogen-bond donors (Lipinski definition) is 1. The van der Waals surface area contributed by atoms with Crippen molar-refractivity contribution in [3.8, 4) is 0 Å². The summed E-state index contributed by atoms with van der Waals surface area (Å²) in [4.78, 5) is 2.31. The Kier molecular flexibility index (Phi) is 7.33. The lowest BCUT2D eigenvalue weighted by Gasteiger charge is -2.20. The summed E-state index contributed by atoms with van der Waals surface area (Å²) in [5, 5.41) is 3.33. The highest BCUT2D eigenvalue weighted by Crippen LogP contribution is 1.93. The van der Waals surface area contributed by atoms with Gasteiger partial charge in [-0.05, 0) is 33.4 Å². The summed E-state index contributed by atoms with van der Waals surface area (Å²) in [6.45, 7) is 9.39. The van der Waals surface area contributed by atoms with Crippen molar-refractivity contribution in [1.29, 1.82) is 0 Å². The molecule has 0 bridgehead atoms. The molecule has 78 valence electrons. The molecular formula is C10H21ClN2. The molecule has 1 N–H and O–H groups in total. The van der Waals surface area contributed by atoms with Crippen molar-refractivity contribution in [3.63, 3.8) is 0 Å². The molecule has 0 saturated carbocycles. The highest BCUT2D eigenvalue weighted by molar-refractivity contribution is 6.25. The lowest BCUT2D eigenvalue weighted by Crippen LogP contribution is -2.34. The standard InChI is InChI=1S/C10H21ClN2/c1-9(2)13(4)6-5-12-8-10(3)7-11/h7,9,12H,5-6,8H2,1-4H3. The molecule has 0 heterocycles. The molecular weight excluding hydrogens is 184 g/mol. The molecule has 0 radical (unpaired) electrons. The largest absolute Gasteiger partial charge is 0.312 e. The van der Waals surface area contributed by atoms with Crippen LogP contribution in [0.3, 0.4) is 0 Å². The molecule has 0 atom stereocenters. The van der Waals surface area contributed by atoms with Crippen molar-refractivity contribution in [3.05, 3.63) is 11.1 Å². The fourth-order valence-corrected chi connectivity index (χ4v) is 0.915. The average Bonchev–Trinajstić information content (AvgIpc) is 2.11. The van der Waals surface area contributed by atoms with Crippen molar-refractivity contribution in [2.75, 3.05) is 26.7 Å². The zero-order chi connectivity index (χ0) is 10.3. The van der Waals surface area contributed by atoms with Gasteiger partial charge in [0.05, 0.1) is 0 Å². The Morgan fingerprint density at radius 3 is 2.62 bits per heavy atom. The van der Waals surface area contributed by atoms with E-state index in [9.17, 15) is 0 Å². The van der Waals surface area contributed by atoms with E-state index in [1.165, 1.54) is 5.57 Å². The number of halogens is 1. The van der Waals surface area contributed by atoms with E-state index in [0.717, 1.165) is 19.6 Å². The maximum atomic E-state index is 5.53. The van der Waals surface area contributed by atoms with Gasteiger partial charge in [-0.3, -0.25) is 0 Å². The van der Waals surface area contributed by atoms with E-state index in [-0.39, 0.29) is 0 Å². The predicted octanol–water partition coefficient (Wildman–Crippen LogP) is 2.06. The van der Waals surface area contributed by atoms with E-state index in [1.54, 1.807) is 5.54 Å². The summed E-state index contributed by atoms with van der Waals surface area (Å²) in [6.07, 6.45) is 0. The smallest absolute Gasteiger partial charge is 0.0174 e. The summed E-state index contributed by atoms with van der Waals surface area (Å²) >= 11 is 5.53. The van der Waals surface area contributed by atoms with E-state index in [0.29, 0.717) is 6.04 Å². The van der Waals surface area contributed by atoms with Crippen LogP contribution in [-0.2, 0) is 0 Å². The van der Waals surface area contributed by atoms with Crippen molar-refractivity contribution < 1.29 is 0 Å². The second-order valence-corrected chi connectivity index (χ2v) is 3.92. The van der Waals surface area contributed by atoms with Crippen LogP contribution in [0.25, 0.3) is 0 Å². The van der Waals surface area contributed by atoms with Gasteiger partial charge in [0.25, 0.3) is 0 Å². The number of nitrogens with one attached hydrogen (secondary N) is 1. The number of hydrogen-bond acceptors (Lipinski definition) is 2. The van der Waals surface area contributed by atoms with Crippen molar-refractivity contribution >= 4 is 11.6 Å². The van der Waals surface area contributed by atoms with Gasteiger partial charge >= 0.3 is 0 Å². The van der Waals surface area contributed by atoms with Crippen LogP contribution in [0.5, 0.6) is 0 Å². The highest BCUT2D eigenvalue weighted by atomic mass is 35.5. The van der Waals surface area contributed by atoms with Gasteiger partial charge in [0.15, 0.2) is 0 Å². The van der Waals surface area contributed by atoms with E-state index in [4.69, 9.17) is 11.6 Å². The second-order valence-electron chi connectivity index (χ2n) is 3.71. The first-order valence-electron chi connectivity index (χ1n) is 4.74. The number of nitrogens with zero attached hydrogens (tertiary/aromatic N) is 1. The third-order valence-corrected chi connectivity index (χ3v) is 2.49. The summed E-state index contributed by atoms with van der Waals surface area (Å²) < 4.78 is 0. The molecule has 13 heavy (non-hydrogen) atoms. The Morgan fingerprint density at radius 2 is 2.15 bits per heavy atom. The normalized spacial score (nSPS) is 13.0. The Bertz CT molecular complexity index is 155. The molecule has 0 aromatic heterocycles. The SMILES string of the molecule is CC(=CCl)CNCCN(C)C(C)C. The van der Waals surface area contributed by atoms with E-state index in [2.05, 4.69) is 31.1 Å². The minimum Gasteiger partial charge on any atom is -0.312 e. The maximum absolute atomic E-state index is 5.53. The van der Waals surface area contributed by atoms with Gasteiger partial charge in [-0.25, -0.2) is 0 Å². The molecule has 3 heteroatoms. The Labute approximate surface area is 86.9 Å². The Balaban J connectivity index is 3.36. The highest BCUT2D eigenvalue weighted by Gasteiger charge is 2.00. The molecule has 0 aliphatic heterocycles. The van der Waals surface area contributed by atoms with Gasteiger partial charge in [0.1, 0.15) is 0 Å². The Hall–Kier alpha value is -0.0500. The molecule has 0 amide bonds. The molecule has 0 rings (SSSR count). The molecule has 0 aromatic carbocycles. The van der Waals surface area contributed by atoms with Gasteiger partial charge < -0.3 is 10.2 Å². The van der Waals surface area contributed by atoms with Crippen molar-refractivity contribution in [1.82, 2.24) is 10.2 Å². The Morgan fingerprint density at radius 1 is 1.54 bits per heavy atom. The molecule has 0 saturated heterocycles. The van der Waals surface area contributed by atoms with Crippen LogP contribution in [0.2, 0.25) is 0 Å². The third-order valence-electron chi connectivity index (χ3n) is 2.11. The van der Waals surface area contributed by atoms with Gasteiger partial charge in [0, 0.05) is 31.2 Å². The van der Waals surface area contributed by atoms with Crippen LogP contribution >= 0.6 is 11.6 Å². The van der Waals surface area contributed by atoms with Gasteiger partial charge in [-0.2, -0.15) is 0 Å². The van der Waals surface area contributed by atoms with Crippen LogP contribution in [0.4, 0.5) is 0 Å². The monoisotopic (exact) mass is 204 g/mol. The van der Waals surface area contributed by atoms with Crippen LogP contribution in [0, 0.1) is 0 Å². The van der Waals surface area contributed by atoms with Crippen molar-refractivity contribution in [2.24, 2.45) is 0 Å². The quantitative estimate of drug-likeness (QED) is 0.667. The lowest BCUT2D eigenvalue weighted by atomic mass is 10.3. The molecule has 0 unspecified atom stereocenters. The zero-order valence-corrected chi connectivity index (χ0v) is 9.86. The topological polar surface area (TPSA) is 15.3 Å². The molecule has 0 aromatic rings. The van der Waals surface area contributed by atoms with E-state index >= 15 is 0 Å². The van der Waals surface area contributed by atoms with Crippen molar-refractivity contribution in [2.45, 2.75) is 26.8 Å². The molecule has 0 aliphatic carbocycles. The molecule has 0 aliphatic rings. The van der Waals surface area contributed by atoms with Gasteiger partial charge in [-0.15, -0.1) is 0 Å².